The number of quaternary nitrogens is 2. The molecule has 4 N–H and O–H groups in total. The van der Waals surface area contributed by atoms with Crippen molar-refractivity contribution >= 4 is 17.5 Å². The first kappa shape index (κ1) is 29.4. The van der Waals surface area contributed by atoms with E-state index in [4.69, 9.17) is 9.26 Å². The third-order valence-corrected chi connectivity index (χ3v) is 11.2. The minimum atomic E-state index is 0.272. The van der Waals surface area contributed by atoms with Crippen molar-refractivity contribution in [2.75, 3.05) is 32.8 Å². The van der Waals surface area contributed by atoms with Crippen molar-refractivity contribution in [3.63, 3.8) is 0 Å². The number of ether oxygens (including phenoxy) is 1. The fraction of sp³-hybridized carbons (Fsp3) is 0.541. The molecule has 1 amide bonds. The van der Waals surface area contributed by atoms with Crippen molar-refractivity contribution in [2.24, 2.45) is 11.8 Å². The van der Waals surface area contributed by atoms with Gasteiger partial charge in [0, 0.05) is 37.0 Å². The van der Waals surface area contributed by atoms with Crippen molar-refractivity contribution in [1.82, 2.24) is 5.16 Å². The number of H-pyrrole nitrogens is 1. The van der Waals surface area contributed by atoms with Crippen LogP contribution in [0.1, 0.15) is 93.6 Å². The molecule has 1 atom stereocenters. The second-order valence-corrected chi connectivity index (χ2v) is 14.2. The molecule has 2 aliphatic carbocycles. The lowest BCUT2D eigenvalue weighted by Crippen LogP contribution is -3.16. The Morgan fingerprint density at radius 1 is 1.00 bits per heavy atom. The Balaban J connectivity index is 0.859. The van der Waals surface area contributed by atoms with Crippen LogP contribution in [0, 0.1) is 11.8 Å². The lowest BCUT2D eigenvalue weighted by Gasteiger charge is -2.36. The number of piperidine rings is 2. The number of carbonyl (C=O) groups excluding carboxylic acids is 1. The van der Waals surface area contributed by atoms with Crippen LogP contribution in [0.15, 0.2) is 59.1 Å². The largest absolute Gasteiger partial charge is 0.512 e. The van der Waals surface area contributed by atoms with Gasteiger partial charge in [-0.1, -0.05) is 56.3 Å². The fourth-order valence-electron chi connectivity index (χ4n) is 8.26. The topological polar surface area (TPSA) is 79.7 Å². The van der Waals surface area contributed by atoms with Gasteiger partial charge in [-0.2, -0.15) is 9.51 Å². The molecule has 2 fully saturated rings. The van der Waals surface area contributed by atoms with Gasteiger partial charge in [0.1, 0.15) is 11.7 Å². The van der Waals surface area contributed by atoms with Crippen LogP contribution in [0.3, 0.4) is 0 Å². The maximum atomic E-state index is 11.3. The Hall–Kier alpha value is -3.29. The molecule has 0 bridgehead atoms. The molecule has 1 aromatic heterocycles. The van der Waals surface area contributed by atoms with E-state index in [-0.39, 0.29) is 5.92 Å². The standard InChI is InChI=1S/C37H46N4O3/c1-26(2)34-38-36(44-39-34)41-21-16-27(17-22-41)25-43-32-13-11-29(12-14-32)28-7-9-31(10-8-28)35(42)40-23-19-37(20-24-40)18-15-30-5-3-4-6-33(30)37/h3-7,11-14,26-27,31H,8-10,15-25H2,1-2H3/p+4. The number of fused-ring (bicyclic) bond motifs is 2. The maximum absolute atomic E-state index is 11.3. The average Bonchev–Trinajstić information content (AvgIpc) is 3.71. The van der Waals surface area contributed by atoms with Gasteiger partial charge in [-0.15, -0.1) is 0 Å². The summed E-state index contributed by atoms with van der Waals surface area (Å²) in [5.74, 6) is 3.76. The second kappa shape index (κ2) is 12.6. The molecule has 7 rings (SSSR count). The zero-order valence-corrected chi connectivity index (χ0v) is 26.5. The van der Waals surface area contributed by atoms with Crippen LogP contribution in [0.2, 0.25) is 0 Å². The highest BCUT2D eigenvalue weighted by atomic mass is 16.5. The number of hydrogen-bond donors (Lipinski definition) is 2. The third kappa shape index (κ3) is 6.01. The molecule has 2 aliphatic heterocycles. The van der Waals surface area contributed by atoms with Crippen molar-refractivity contribution in [3.05, 3.63) is 77.1 Å². The maximum Gasteiger partial charge on any atom is 0.512 e. The van der Waals surface area contributed by atoms with Crippen LogP contribution in [-0.2, 0) is 11.8 Å². The van der Waals surface area contributed by atoms with E-state index >= 15 is 0 Å². The van der Waals surface area contributed by atoms with Crippen molar-refractivity contribution in [3.8, 4) is 5.75 Å². The van der Waals surface area contributed by atoms with Gasteiger partial charge in [0.2, 0.25) is 0 Å². The first-order valence-electron chi connectivity index (χ1n) is 17.1. The molecule has 0 radical (unpaired) electrons. The molecule has 3 heterocycles. The number of hydrogen-bond acceptors (Lipinski definition) is 3. The highest BCUT2D eigenvalue weighted by Gasteiger charge is 2.46. The molecule has 2 aromatic carbocycles. The molecule has 4 aliphatic rings. The van der Waals surface area contributed by atoms with Crippen LogP contribution < -0.4 is 19.5 Å². The first-order chi connectivity index (χ1) is 21.5. The van der Waals surface area contributed by atoms with Gasteiger partial charge in [-0.3, -0.25) is 0 Å². The van der Waals surface area contributed by atoms with Gasteiger partial charge in [0.15, 0.2) is 5.16 Å². The minimum Gasteiger partial charge on any atom is -0.493 e. The zero-order valence-electron chi connectivity index (χ0n) is 26.5. The predicted octanol–water partition coefficient (Wildman–Crippen LogP) is 3.87. The number of amides is 1. The number of aromatic nitrogens is 2. The molecular formula is C37H50N4O3+4. The zero-order chi connectivity index (χ0) is 30.1. The van der Waals surface area contributed by atoms with Gasteiger partial charge in [0.25, 0.3) is 0 Å². The van der Waals surface area contributed by atoms with Gasteiger partial charge in [-0.05, 0) is 66.5 Å². The van der Waals surface area contributed by atoms with E-state index in [0.29, 0.717) is 23.2 Å². The molecule has 0 saturated carbocycles. The van der Waals surface area contributed by atoms with E-state index in [1.165, 1.54) is 46.6 Å². The number of benzene rings is 2. The highest BCUT2D eigenvalue weighted by Crippen LogP contribution is 2.44. The van der Waals surface area contributed by atoms with Crippen molar-refractivity contribution in [2.45, 2.75) is 83.0 Å². The fourth-order valence-corrected chi connectivity index (χ4v) is 8.26. The summed E-state index contributed by atoms with van der Waals surface area (Å²) in [4.78, 5) is 17.3. The molecule has 2 saturated heterocycles. The SMILES string of the molecule is CC(C)c1noc([NH+]2CCC(COc3ccc(C4=CCC(C(=[OH+])[NH+]5CCC6(CCc7ccccc76)CC5)CC4)cc3)CC2)[nH+]1. The molecular weight excluding hydrogens is 548 g/mol. The van der Waals surface area contributed by atoms with Gasteiger partial charge in [-0.25, -0.2) is 14.6 Å². The number of nitrogens with one attached hydrogen (secondary N) is 3. The average molecular weight is 599 g/mol. The minimum absolute atomic E-state index is 0.272. The summed E-state index contributed by atoms with van der Waals surface area (Å²) in [6.07, 6.45) is 12.4. The number of allylic oxidation sites excluding steroid dienone is 2. The smallest absolute Gasteiger partial charge is 0.493 e. The third-order valence-electron chi connectivity index (χ3n) is 11.2. The summed E-state index contributed by atoms with van der Waals surface area (Å²) in [6, 6.07) is 18.6. The Labute approximate surface area is 261 Å². The van der Waals surface area contributed by atoms with Crippen LogP contribution in [0.25, 0.3) is 5.57 Å². The monoisotopic (exact) mass is 598 g/mol. The molecule has 3 aromatic rings. The molecule has 7 heteroatoms. The van der Waals surface area contributed by atoms with Crippen LogP contribution in [-0.4, -0.2) is 48.6 Å². The Morgan fingerprint density at radius 2 is 1.77 bits per heavy atom. The molecule has 232 valence electrons. The molecule has 7 nitrogen and oxygen atoms in total. The van der Waals surface area contributed by atoms with E-state index < -0.39 is 0 Å². The second-order valence-electron chi connectivity index (χ2n) is 14.2. The lowest BCUT2D eigenvalue weighted by molar-refractivity contribution is -0.883. The first-order valence-corrected chi connectivity index (χ1v) is 17.1. The molecule has 44 heavy (non-hydrogen) atoms. The Kier molecular flexibility index (Phi) is 8.43. The summed E-state index contributed by atoms with van der Waals surface area (Å²) in [6.45, 7) is 9.17. The molecule has 1 spiro atoms. The van der Waals surface area contributed by atoms with Crippen molar-refractivity contribution < 1.29 is 28.8 Å². The van der Waals surface area contributed by atoms with E-state index in [0.717, 1.165) is 82.5 Å². The van der Waals surface area contributed by atoms with Crippen LogP contribution in [0.4, 0.5) is 6.01 Å². The van der Waals surface area contributed by atoms with E-state index in [2.05, 4.69) is 78.6 Å². The van der Waals surface area contributed by atoms with Crippen LogP contribution >= 0.6 is 0 Å². The number of nitrogens with zero attached hydrogens (tertiary/aromatic N) is 1. The summed E-state index contributed by atoms with van der Waals surface area (Å²) in [5, 5.41) is 4.18. The number of rotatable bonds is 7. The van der Waals surface area contributed by atoms with E-state index in [1.54, 1.807) is 11.1 Å². The quantitative estimate of drug-likeness (QED) is 0.406. The summed E-state index contributed by atoms with van der Waals surface area (Å²) in [7, 11) is 0. The number of likely N-dealkylation sites (tertiary alicyclic amines) is 1. The summed E-state index contributed by atoms with van der Waals surface area (Å²) < 4.78 is 11.8. The normalized spacial score (nSPS) is 28.6. The van der Waals surface area contributed by atoms with Gasteiger partial charge in [0.05, 0.1) is 38.7 Å². The van der Waals surface area contributed by atoms with Crippen LogP contribution in [0.5, 0.6) is 5.75 Å². The Bertz CT molecular complexity index is 1480. The number of aromatic amines is 1. The summed E-state index contributed by atoms with van der Waals surface area (Å²) in [5.41, 5.74) is 6.17. The predicted molar refractivity (Wildman–Crippen MR) is 171 cm³/mol. The molecule has 1 unspecified atom stereocenters. The lowest BCUT2D eigenvalue weighted by atomic mass is 9.73. The number of aryl methyl sites for hydroxylation is 1. The summed E-state index contributed by atoms with van der Waals surface area (Å²) >= 11 is 0. The van der Waals surface area contributed by atoms with E-state index in [1.807, 2.05) is 0 Å². The van der Waals surface area contributed by atoms with Gasteiger partial charge < -0.3 is 4.74 Å². The Morgan fingerprint density at radius 3 is 2.48 bits per heavy atom. The van der Waals surface area contributed by atoms with E-state index in [9.17, 15) is 4.79 Å². The van der Waals surface area contributed by atoms with Crippen molar-refractivity contribution in [1.29, 1.82) is 0 Å². The van der Waals surface area contributed by atoms with Gasteiger partial charge >= 0.3 is 17.7 Å². The highest BCUT2D eigenvalue weighted by molar-refractivity contribution is 5.75.